The van der Waals surface area contributed by atoms with Crippen molar-refractivity contribution in [3.05, 3.63) is 57.6 Å². The van der Waals surface area contributed by atoms with Crippen molar-refractivity contribution in [2.75, 3.05) is 11.1 Å². The van der Waals surface area contributed by atoms with Crippen molar-refractivity contribution in [3.8, 4) is 0 Å². The van der Waals surface area contributed by atoms with E-state index in [-0.39, 0.29) is 10.9 Å². The highest BCUT2D eigenvalue weighted by Crippen LogP contribution is 2.26. The van der Waals surface area contributed by atoms with Crippen molar-refractivity contribution in [2.45, 2.75) is 13.3 Å². The Morgan fingerprint density at radius 1 is 1.25 bits per heavy atom. The largest absolute Gasteiger partial charge is 0.398 e. The lowest BCUT2D eigenvalue weighted by Gasteiger charge is -2.10. The minimum Gasteiger partial charge on any atom is -0.398 e. The quantitative estimate of drug-likeness (QED) is 0.826. The minimum absolute atomic E-state index is 0.241. The average Bonchev–Trinajstić information content (AvgIpc) is 2.42. The van der Waals surface area contributed by atoms with Crippen LogP contribution in [0.3, 0.4) is 0 Å². The minimum atomic E-state index is -0.318. The van der Waals surface area contributed by atoms with E-state index in [2.05, 4.69) is 5.32 Å². The molecule has 1 amide bonds. The zero-order valence-electron chi connectivity index (χ0n) is 10.9. The molecule has 2 aromatic rings. The zero-order valence-corrected chi connectivity index (χ0v) is 12.4. The third-order valence-electron chi connectivity index (χ3n) is 2.98. The Balaban J connectivity index is 2.24. The lowest BCUT2D eigenvalue weighted by atomic mass is 10.1. The number of aryl methyl sites for hydroxylation is 1. The Morgan fingerprint density at radius 3 is 2.65 bits per heavy atom. The summed E-state index contributed by atoms with van der Waals surface area (Å²) in [6.07, 6.45) is 0.847. The molecule has 3 N–H and O–H groups in total. The third-order valence-corrected chi connectivity index (χ3v) is 3.80. The zero-order chi connectivity index (χ0) is 14.7. The van der Waals surface area contributed by atoms with Gasteiger partial charge in [-0.15, -0.1) is 0 Å². The summed E-state index contributed by atoms with van der Waals surface area (Å²) in [6.45, 7) is 2.02. The van der Waals surface area contributed by atoms with Crippen molar-refractivity contribution in [1.29, 1.82) is 0 Å². The van der Waals surface area contributed by atoms with Crippen LogP contribution in [0.15, 0.2) is 36.4 Å². The summed E-state index contributed by atoms with van der Waals surface area (Å²) in [6, 6.07) is 10.4. The molecule has 0 saturated carbocycles. The van der Waals surface area contributed by atoms with Crippen LogP contribution >= 0.6 is 23.2 Å². The molecule has 3 nitrogen and oxygen atoms in total. The number of rotatable bonds is 3. The number of anilines is 2. The van der Waals surface area contributed by atoms with Crippen LogP contribution in [0.5, 0.6) is 0 Å². The standard InChI is InChI=1S/C15H14Cl2N2O/c1-2-9-6-7-10(8-13(9)18)19-15(20)11-4-3-5-12(16)14(11)17/h3-8H,2,18H2,1H3,(H,19,20). The highest BCUT2D eigenvalue weighted by molar-refractivity contribution is 6.44. The Labute approximate surface area is 127 Å². The molecule has 0 aliphatic heterocycles. The van der Waals surface area contributed by atoms with Crippen LogP contribution in [0.1, 0.15) is 22.8 Å². The monoisotopic (exact) mass is 308 g/mol. The van der Waals surface area contributed by atoms with Crippen LogP contribution < -0.4 is 11.1 Å². The van der Waals surface area contributed by atoms with Gasteiger partial charge in [0.05, 0.1) is 15.6 Å². The van der Waals surface area contributed by atoms with Gasteiger partial charge in [-0.2, -0.15) is 0 Å². The van der Waals surface area contributed by atoms with Crippen molar-refractivity contribution in [3.63, 3.8) is 0 Å². The number of hydrogen-bond donors (Lipinski definition) is 2. The fourth-order valence-electron chi connectivity index (χ4n) is 1.87. The van der Waals surface area contributed by atoms with Crippen molar-refractivity contribution < 1.29 is 4.79 Å². The van der Waals surface area contributed by atoms with E-state index in [1.807, 2.05) is 19.1 Å². The first-order valence-electron chi connectivity index (χ1n) is 6.16. The van der Waals surface area contributed by atoms with Crippen molar-refractivity contribution in [2.24, 2.45) is 0 Å². The van der Waals surface area contributed by atoms with Gasteiger partial charge in [-0.3, -0.25) is 4.79 Å². The van der Waals surface area contributed by atoms with E-state index in [1.165, 1.54) is 0 Å². The molecule has 2 aromatic carbocycles. The SMILES string of the molecule is CCc1ccc(NC(=O)c2cccc(Cl)c2Cl)cc1N. The van der Waals surface area contributed by atoms with Crippen LogP contribution in [0.2, 0.25) is 10.0 Å². The van der Waals surface area contributed by atoms with E-state index in [9.17, 15) is 4.79 Å². The Morgan fingerprint density at radius 2 is 2.00 bits per heavy atom. The van der Waals surface area contributed by atoms with E-state index in [4.69, 9.17) is 28.9 Å². The number of carbonyl (C=O) groups is 1. The summed E-state index contributed by atoms with van der Waals surface area (Å²) in [5.41, 5.74) is 8.56. The molecule has 104 valence electrons. The van der Waals surface area contributed by atoms with E-state index in [0.29, 0.717) is 22.0 Å². The second-order valence-electron chi connectivity index (χ2n) is 4.32. The van der Waals surface area contributed by atoms with Gasteiger partial charge in [0, 0.05) is 11.4 Å². The normalized spacial score (nSPS) is 10.3. The first-order chi connectivity index (χ1) is 9.52. The van der Waals surface area contributed by atoms with Gasteiger partial charge in [-0.1, -0.05) is 42.3 Å². The lowest BCUT2D eigenvalue weighted by molar-refractivity contribution is 0.102. The summed E-state index contributed by atoms with van der Waals surface area (Å²) >= 11 is 11.9. The molecule has 2 rings (SSSR count). The first kappa shape index (κ1) is 14.7. The van der Waals surface area contributed by atoms with Crippen LogP contribution in [0.25, 0.3) is 0 Å². The molecule has 5 heteroatoms. The van der Waals surface area contributed by atoms with Crippen molar-refractivity contribution in [1.82, 2.24) is 0 Å². The highest BCUT2D eigenvalue weighted by atomic mass is 35.5. The smallest absolute Gasteiger partial charge is 0.257 e. The highest BCUT2D eigenvalue weighted by Gasteiger charge is 2.13. The number of amides is 1. The van der Waals surface area contributed by atoms with Gasteiger partial charge in [-0.05, 0) is 36.2 Å². The molecule has 20 heavy (non-hydrogen) atoms. The Bertz CT molecular complexity index is 656. The van der Waals surface area contributed by atoms with Gasteiger partial charge in [0.25, 0.3) is 5.91 Å². The number of carbonyl (C=O) groups excluding carboxylic acids is 1. The molecule has 0 saturated heterocycles. The summed E-state index contributed by atoms with van der Waals surface area (Å²) < 4.78 is 0. The molecule has 0 aliphatic carbocycles. The second kappa shape index (κ2) is 6.16. The first-order valence-corrected chi connectivity index (χ1v) is 6.92. The molecule has 0 fully saturated rings. The number of halogens is 2. The van der Waals surface area contributed by atoms with Crippen LogP contribution in [0.4, 0.5) is 11.4 Å². The second-order valence-corrected chi connectivity index (χ2v) is 5.11. The van der Waals surface area contributed by atoms with Crippen molar-refractivity contribution >= 4 is 40.5 Å². The van der Waals surface area contributed by atoms with Gasteiger partial charge in [-0.25, -0.2) is 0 Å². The van der Waals surface area contributed by atoms with Gasteiger partial charge >= 0.3 is 0 Å². The number of benzene rings is 2. The molecular weight excluding hydrogens is 295 g/mol. The maximum Gasteiger partial charge on any atom is 0.257 e. The van der Waals surface area contributed by atoms with Gasteiger partial charge in [0.1, 0.15) is 0 Å². The number of nitrogens with two attached hydrogens (primary N) is 1. The van der Waals surface area contributed by atoms with Crippen LogP contribution in [0, 0.1) is 0 Å². The average molecular weight is 309 g/mol. The molecular formula is C15H14Cl2N2O. The lowest BCUT2D eigenvalue weighted by Crippen LogP contribution is -2.13. The number of nitrogen functional groups attached to an aromatic ring is 1. The molecule has 0 heterocycles. The molecule has 0 radical (unpaired) electrons. The fourth-order valence-corrected chi connectivity index (χ4v) is 2.26. The Kier molecular flexibility index (Phi) is 4.53. The molecule has 0 bridgehead atoms. The number of nitrogens with one attached hydrogen (secondary N) is 1. The summed E-state index contributed by atoms with van der Waals surface area (Å²) in [4.78, 5) is 12.2. The predicted molar refractivity (Wildman–Crippen MR) is 84.6 cm³/mol. The van der Waals surface area contributed by atoms with E-state index in [1.54, 1.807) is 24.3 Å². The molecule has 0 aromatic heterocycles. The maximum atomic E-state index is 12.2. The fraction of sp³-hybridized carbons (Fsp3) is 0.133. The summed E-state index contributed by atoms with van der Waals surface area (Å²) in [5.74, 6) is -0.318. The number of hydrogen-bond acceptors (Lipinski definition) is 2. The molecule has 0 spiro atoms. The van der Waals surface area contributed by atoms with Gasteiger partial charge in [0.15, 0.2) is 0 Å². The van der Waals surface area contributed by atoms with Gasteiger partial charge < -0.3 is 11.1 Å². The molecule has 0 atom stereocenters. The van der Waals surface area contributed by atoms with E-state index >= 15 is 0 Å². The predicted octanol–water partition coefficient (Wildman–Crippen LogP) is 4.39. The molecule has 0 unspecified atom stereocenters. The Hall–Kier alpha value is -1.71. The van der Waals surface area contributed by atoms with E-state index in [0.717, 1.165) is 12.0 Å². The topological polar surface area (TPSA) is 55.1 Å². The van der Waals surface area contributed by atoms with E-state index < -0.39 is 0 Å². The summed E-state index contributed by atoms with van der Waals surface area (Å²) in [5, 5.41) is 3.34. The van der Waals surface area contributed by atoms with Crippen LogP contribution in [-0.2, 0) is 6.42 Å². The maximum absolute atomic E-state index is 12.2. The van der Waals surface area contributed by atoms with Crippen LogP contribution in [-0.4, -0.2) is 5.91 Å². The molecule has 0 aliphatic rings. The summed E-state index contributed by atoms with van der Waals surface area (Å²) in [7, 11) is 0. The third kappa shape index (κ3) is 3.06. The van der Waals surface area contributed by atoms with Gasteiger partial charge in [0.2, 0.25) is 0 Å².